The molecule has 224 valence electrons. The maximum Gasteiger partial charge on any atom is 0.267 e. The quantitative estimate of drug-likeness (QED) is 0.105. The summed E-state index contributed by atoms with van der Waals surface area (Å²) < 4.78 is 17.2. The van der Waals surface area contributed by atoms with Gasteiger partial charge in [0, 0.05) is 20.7 Å². The van der Waals surface area contributed by atoms with E-state index >= 15 is 0 Å². The minimum atomic E-state index is -0.358. The van der Waals surface area contributed by atoms with Crippen LogP contribution in [-0.2, 0) is 16.1 Å². The molecule has 4 aromatic rings. The number of methoxy groups -OCH3 is 1. The van der Waals surface area contributed by atoms with Crippen LogP contribution in [0.1, 0.15) is 16.9 Å². The number of rotatable bonds is 10. The molecule has 3 aromatic carbocycles. The van der Waals surface area contributed by atoms with Crippen LogP contribution < -0.4 is 14.8 Å². The van der Waals surface area contributed by atoms with Crippen molar-refractivity contribution in [2.45, 2.75) is 6.54 Å². The maximum absolute atomic E-state index is 13.6. The Bertz CT molecular complexity index is 1760. The zero-order valence-corrected chi connectivity index (χ0v) is 26.2. The average Bonchev–Trinajstić information content (AvgIpc) is 3.63. The van der Waals surface area contributed by atoms with Gasteiger partial charge in [0.15, 0.2) is 23.3 Å². The molecular formula is C31H24BrClN4O6S. The van der Waals surface area contributed by atoms with E-state index in [0.29, 0.717) is 49.2 Å². The summed E-state index contributed by atoms with van der Waals surface area (Å²) in [5, 5.41) is 22.0. The smallest absolute Gasteiger partial charge is 0.267 e. The van der Waals surface area contributed by atoms with E-state index in [1.807, 2.05) is 0 Å². The van der Waals surface area contributed by atoms with Gasteiger partial charge < -0.3 is 24.3 Å². The van der Waals surface area contributed by atoms with Crippen LogP contribution in [0, 0.1) is 0 Å². The van der Waals surface area contributed by atoms with Crippen molar-refractivity contribution in [3.05, 3.63) is 110 Å². The van der Waals surface area contributed by atoms with E-state index in [0.717, 1.165) is 16.2 Å². The Labute approximate surface area is 270 Å². The largest absolute Gasteiger partial charge is 0.504 e. The van der Waals surface area contributed by atoms with Gasteiger partial charge in [-0.2, -0.15) is 5.10 Å². The van der Waals surface area contributed by atoms with Gasteiger partial charge in [-0.3, -0.25) is 14.5 Å². The number of carbonyl (C=O) groups is 2. The summed E-state index contributed by atoms with van der Waals surface area (Å²) in [4.78, 5) is 27.9. The van der Waals surface area contributed by atoms with E-state index in [4.69, 9.17) is 25.5 Å². The van der Waals surface area contributed by atoms with Gasteiger partial charge >= 0.3 is 0 Å². The minimum Gasteiger partial charge on any atom is -0.504 e. The summed E-state index contributed by atoms with van der Waals surface area (Å²) in [7, 11) is 1.45. The van der Waals surface area contributed by atoms with Crippen molar-refractivity contribution in [1.29, 1.82) is 0 Å². The molecule has 44 heavy (non-hydrogen) atoms. The van der Waals surface area contributed by atoms with Crippen LogP contribution in [-0.4, -0.2) is 46.9 Å². The number of furan rings is 1. The first-order chi connectivity index (χ1) is 21.3. The highest BCUT2D eigenvalue weighted by Crippen LogP contribution is 2.36. The molecule has 0 bridgehead atoms. The number of halogens is 2. The van der Waals surface area contributed by atoms with Crippen LogP contribution in [0.4, 0.5) is 5.69 Å². The molecule has 0 atom stereocenters. The lowest BCUT2D eigenvalue weighted by Crippen LogP contribution is -2.28. The van der Waals surface area contributed by atoms with E-state index < -0.39 is 0 Å². The van der Waals surface area contributed by atoms with Crippen LogP contribution in [0.5, 0.6) is 17.2 Å². The lowest BCUT2D eigenvalue weighted by atomic mass is 10.2. The van der Waals surface area contributed by atoms with Crippen molar-refractivity contribution in [1.82, 2.24) is 4.90 Å². The number of nitrogens with one attached hydrogen (secondary N) is 1. The number of amides is 2. The minimum absolute atomic E-state index is 0.00499. The number of amidine groups is 1. The monoisotopic (exact) mass is 694 g/mol. The van der Waals surface area contributed by atoms with Crippen molar-refractivity contribution in [3.63, 3.8) is 0 Å². The lowest BCUT2D eigenvalue weighted by Gasteiger charge is -2.13. The van der Waals surface area contributed by atoms with Gasteiger partial charge in [-0.1, -0.05) is 27.5 Å². The number of anilines is 1. The molecule has 0 aliphatic carbocycles. The van der Waals surface area contributed by atoms with E-state index in [-0.39, 0.29) is 30.7 Å². The Morgan fingerprint density at radius 1 is 1.14 bits per heavy atom. The number of hydrogen-bond donors (Lipinski definition) is 2. The van der Waals surface area contributed by atoms with Gasteiger partial charge in [-0.25, -0.2) is 0 Å². The average molecular weight is 696 g/mol. The molecule has 5 rings (SSSR count). The van der Waals surface area contributed by atoms with Crippen molar-refractivity contribution in [2.24, 2.45) is 10.2 Å². The van der Waals surface area contributed by atoms with Crippen LogP contribution in [0.2, 0.25) is 5.02 Å². The summed E-state index contributed by atoms with van der Waals surface area (Å²) in [5.74, 6) is 0.610. The van der Waals surface area contributed by atoms with Crippen molar-refractivity contribution in [3.8, 4) is 17.2 Å². The molecule has 1 aliphatic rings. The molecule has 13 heteroatoms. The normalized spacial score (nSPS) is 15.0. The maximum atomic E-state index is 13.6. The summed E-state index contributed by atoms with van der Waals surface area (Å²) in [6, 6.07) is 20.3. The Kier molecular flexibility index (Phi) is 10.1. The predicted molar refractivity (Wildman–Crippen MR) is 174 cm³/mol. The number of benzene rings is 3. The second-order valence-corrected chi connectivity index (χ2v) is 11.5. The standard InChI is InChI=1S/C31H24BrClN4O6S/c1-41-27-13-19(4-10-25(27)38)16-34-36-31-37(17-24-3-2-12-42-24)30(40)28(44-31)15-20-14-21(32)5-11-26(20)43-18-29(39)35-23-8-6-22(33)7-9-23/h2-16,38H,17-18H2,1H3,(H,35,39)/b28-15-,34-16+,36-31-. The number of aromatic hydroxyl groups is 1. The third kappa shape index (κ3) is 7.90. The summed E-state index contributed by atoms with van der Waals surface area (Å²) in [5.41, 5.74) is 1.81. The van der Waals surface area contributed by atoms with Crippen molar-refractivity contribution in [2.75, 3.05) is 19.0 Å². The van der Waals surface area contributed by atoms with Gasteiger partial charge in [0.25, 0.3) is 11.8 Å². The molecule has 0 radical (unpaired) electrons. The van der Waals surface area contributed by atoms with E-state index in [9.17, 15) is 14.7 Å². The van der Waals surface area contributed by atoms with Crippen molar-refractivity contribution >= 4 is 74.3 Å². The highest BCUT2D eigenvalue weighted by Gasteiger charge is 2.34. The number of phenolic OH excluding ortho intramolecular Hbond substituents is 1. The first-order valence-electron chi connectivity index (χ1n) is 13.0. The number of phenols is 1. The van der Waals surface area contributed by atoms with Crippen LogP contribution in [0.25, 0.3) is 6.08 Å². The Balaban J connectivity index is 1.37. The molecule has 0 spiro atoms. The zero-order chi connectivity index (χ0) is 31.1. The molecule has 0 unspecified atom stereocenters. The highest BCUT2D eigenvalue weighted by molar-refractivity contribution is 9.10. The molecular weight excluding hydrogens is 672 g/mol. The third-order valence-electron chi connectivity index (χ3n) is 6.08. The van der Waals surface area contributed by atoms with Gasteiger partial charge in [0.05, 0.1) is 31.0 Å². The highest BCUT2D eigenvalue weighted by atomic mass is 79.9. The predicted octanol–water partition coefficient (Wildman–Crippen LogP) is 6.93. The van der Waals surface area contributed by atoms with Crippen LogP contribution in [0.3, 0.4) is 0 Å². The van der Waals surface area contributed by atoms with Gasteiger partial charge in [-0.15, -0.1) is 5.10 Å². The number of nitrogens with zero attached hydrogens (tertiary/aromatic N) is 3. The molecule has 1 aromatic heterocycles. The fourth-order valence-corrected chi connectivity index (χ4v) is 5.41. The Morgan fingerprint density at radius 3 is 2.70 bits per heavy atom. The third-order valence-corrected chi connectivity index (χ3v) is 7.82. The van der Waals surface area contributed by atoms with Crippen molar-refractivity contribution < 1.29 is 28.6 Å². The molecule has 1 saturated heterocycles. The fraction of sp³-hybridized carbons (Fsp3) is 0.0968. The topological polar surface area (TPSA) is 126 Å². The first-order valence-corrected chi connectivity index (χ1v) is 15.0. The number of thioether (sulfide) groups is 1. The van der Waals surface area contributed by atoms with E-state index in [1.165, 1.54) is 30.6 Å². The zero-order valence-electron chi connectivity index (χ0n) is 23.1. The Morgan fingerprint density at radius 2 is 1.95 bits per heavy atom. The van der Waals surface area contributed by atoms with Crippen LogP contribution >= 0.6 is 39.3 Å². The second kappa shape index (κ2) is 14.3. The summed E-state index contributed by atoms with van der Waals surface area (Å²) in [6.45, 7) is -0.111. The molecule has 10 nitrogen and oxygen atoms in total. The van der Waals surface area contributed by atoms with Crippen LogP contribution in [0.15, 0.2) is 103 Å². The van der Waals surface area contributed by atoms with Gasteiger partial charge in [0.2, 0.25) is 0 Å². The number of hydrogen-bond acceptors (Lipinski definition) is 9. The second-order valence-electron chi connectivity index (χ2n) is 9.17. The number of ether oxygens (including phenoxy) is 2. The molecule has 1 aliphatic heterocycles. The molecule has 0 saturated carbocycles. The van der Waals surface area contributed by atoms with Gasteiger partial charge in [-0.05, 0) is 96.2 Å². The molecule has 2 heterocycles. The lowest BCUT2D eigenvalue weighted by molar-refractivity contribution is -0.122. The fourth-order valence-electron chi connectivity index (χ4n) is 3.98. The Hall–Kier alpha value is -4.52. The molecule has 2 N–H and O–H groups in total. The summed E-state index contributed by atoms with van der Waals surface area (Å²) in [6.07, 6.45) is 4.69. The van der Waals surface area contributed by atoms with E-state index in [1.54, 1.807) is 72.8 Å². The molecule has 1 fully saturated rings. The molecule has 2 amide bonds. The van der Waals surface area contributed by atoms with E-state index in [2.05, 4.69) is 31.4 Å². The first kappa shape index (κ1) is 30.9. The number of carbonyl (C=O) groups excluding carboxylic acids is 2. The van der Waals surface area contributed by atoms with Gasteiger partial charge in [0.1, 0.15) is 11.5 Å². The summed E-state index contributed by atoms with van der Waals surface area (Å²) >= 11 is 10.5. The SMILES string of the molecule is COc1cc(/C=N/N=C2\S/C(=C\c3cc(Br)ccc3OCC(=O)Nc3ccc(Cl)cc3)C(=O)N2Cc2ccco2)ccc1O.